The SMILES string of the molecule is CC(C)SCC(=O)N(C)[C@H](C)c1ccncc1. The van der Waals surface area contributed by atoms with E-state index in [9.17, 15) is 4.79 Å². The molecule has 3 nitrogen and oxygen atoms in total. The zero-order valence-electron chi connectivity index (χ0n) is 10.9. The number of carbonyl (C=O) groups is 1. The van der Waals surface area contributed by atoms with Gasteiger partial charge in [-0.3, -0.25) is 9.78 Å². The Labute approximate surface area is 108 Å². The highest BCUT2D eigenvalue weighted by Crippen LogP contribution is 2.19. The molecule has 1 rings (SSSR count). The zero-order valence-corrected chi connectivity index (χ0v) is 11.7. The molecular weight excluding hydrogens is 232 g/mol. The molecule has 0 aliphatic rings. The van der Waals surface area contributed by atoms with Gasteiger partial charge in [-0.2, -0.15) is 0 Å². The standard InChI is InChI=1S/C13H20N2OS/c1-10(2)17-9-13(16)15(4)11(3)12-5-7-14-8-6-12/h5-8,10-11H,9H2,1-4H3/t11-/m1/s1. The van der Waals surface area contributed by atoms with Crippen LogP contribution in [-0.4, -0.2) is 33.8 Å². The molecule has 0 aliphatic heterocycles. The van der Waals surface area contributed by atoms with E-state index >= 15 is 0 Å². The van der Waals surface area contributed by atoms with Gasteiger partial charge >= 0.3 is 0 Å². The topological polar surface area (TPSA) is 33.2 Å². The number of amides is 1. The third-order valence-electron chi connectivity index (χ3n) is 2.70. The lowest BCUT2D eigenvalue weighted by molar-refractivity contribution is -0.128. The fourth-order valence-corrected chi connectivity index (χ4v) is 2.10. The van der Waals surface area contributed by atoms with E-state index in [0.717, 1.165) is 5.56 Å². The maximum Gasteiger partial charge on any atom is 0.232 e. The molecule has 1 heterocycles. The highest BCUT2D eigenvalue weighted by atomic mass is 32.2. The average molecular weight is 252 g/mol. The summed E-state index contributed by atoms with van der Waals surface area (Å²) in [6.07, 6.45) is 3.51. The Morgan fingerprint density at radius 2 is 1.94 bits per heavy atom. The van der Waals surface area contributed by atoms with Gasteiger partial charge in [0, 0.05) is 19.4 Å². The van der Waals surface area contributed by atoms with Gasteiger partial charge in [0.05, 0.1) is 11.8 Å². The number of nitrogens with zero attached hydrogens (tertiary/aromatic N) is 2. The predicted molar refractivity (Wildman–Crippen MR) is 73.0 cm³/mol. The molecule has 94 valence electrons. The summed E-state index contributed by atoms with van der Waals surface area (Å²) in [6, 6.07) is 3.99. The summed E-state index contributed by atoms with van der Waals surface area (Å²) in [5.74, 6) is 0.719. The van der Waals surface area contributed by atoms with Crippen LogP contribution in [0.15, 0.2) is 24.5 Å². The Kier molecular flexibility index (Phi) is 5.48. The second-order valence-electron chi connectivity index (χ2n) is 4.32. The van der Waals surface area contributed by atoms with Crippen LogP contribution in [0.5, 0.6) is 0 Å². The first-order valence-corrected chi connectivity index (χ1v) is 6.84. The summed E-state index contributed by atoms with van der Waals surface area (Å²) in [5.41, 5.74) is 1.12. The van der Waals surface area contributed by atoms with Crippen molar-refractivity contribution in [3.05, 3.63) is 30.1 Å². The molecule has 1 amide bonds. The van der Waals surface area contributed by atoms with Gasteiger partial charge in [0.2, 0.25) is 5.91 Å². The van der Waals surface area contributed by atoms with E-state index in [-0.39, 0.29) is 11.9 Å². The van der Waals surface area contributed by atoms with Crippen molar-refractivity contribution in [2.75, 3.05) is 12.8 Å². The van der Waals surface area contributed by atoms with Crippen molar-refractivity contribution < 1.29 is 4.79 Å². The molecular formula is C13H20N2OS. The summed E-state index contributed by atoms with van der Waals surface area (Å²) in [5, 5.41) is 0.489. The number of rotatable bonds is 5. The van der Waals surface area contributed by atoms with Gasteiger partial charge in [0.25, 0.3) is 0 Å². The molecule has 0 unspecified atom stereocenters. The molecule has 0 aliphatic carbocycles. The molecule has 17 heavy (non-hydrogen) atoms. The van der Waals surface area contributed by atoms with E-state index in [0.29, 0.717) is 11.0 Å². The molecule has 0 N–H and O–H groups in total. The summed E-state index contributed by atoms with van der Waals surface area (Å²) >= 11 is 1.68. The van der Waals surface area contributed by atoms with E-state index in [1.54, 1.807) is 29.1 Å². The van der Waals surface area contributed by atoms with Gasteiger partial charge in [-0.25, -0.2) is 0 Å². The number of aromatic nitrogens is 1. The van der Waals surface area contributed by atoms with Crippen LogP contribution in [0.25, 0.3) is 0 Å². The van der Waals surface area contributed by atoms with Crippen molar-refractivity contribution in [2.24, 2.45) is 0 Å². The van der Waals surface area contributed by atoms with Gasteiger partial charge < -0.3 is 4.90 Å². The first-order chi connectivity index (χ1) is 8.02. The maximum absolute atomic E-state index is 12.0. The van der Waals surface area contributed by atoms with Crippen LogP contribution in [0.2, 0.25) is 0 Å². The minimum atomic E-state index is 0.0956. The minimum Gasteiger partial charge on any atom is -0.338 e. The molecule has 0 saturated heterocycles. The lowest BCUT2D eigenvalue weighted by atomic mass is 10.1. The van der Waals surface area contributed by atoms with Crippen LogP contribution in [-0.2, 0) is 4.79 Å². The fourth-order valence-electron chi connectivity index (χ4n) is 1.42. The van der Waals surface area contributed by atoms with Crippen LogP contribution < -0.4 is 0 Å². The summed E-state index contributed by atoms with van der Waals surface area (Å²) in [4.78, 5) is 17.7. The Balaban J connectivity index is 2.57. The first-order valence-electron chi connectivity index (χ1n) is 5.79. The van der Waals surface area contributed by atoms with E-state index in [1.165, 1.54) is 0 Å². The normalized spacial score (nSPS) is 12.5. The van der Waals surface area contributed by atoms with Crippen molar-refractivity contribution in [2.45, 2.75) is 32.1 Å². The predicted octanol–water partition coefficient (Wildman–Crippen LogP) is 2.74. The second kappa shape index (κ2) is 6.64. The Hall–Kier alpha value is -1.03. The molecule has 0 bridgehead atoms. The number of carbonyl (C=O) groups excluding carboxylic acids is 1. The quantitative estimate of drug-likeness (QED) is 0.808. The van der Waals surface area contributed by atoms with Gasteiger partial charge in [-0.15, -0.1) is 11.8 Å². The Morgan fingerprint density at radius 3 is 2.47 bits per heavy atom. The highest BCUT2D eigenvalue weighted by molar-refractivity contribution is 8.00. The van der Waals surface area contributed by atoms with Crippen LogP contribution in [0.1, 0.15) is 32.4 Å². The molecule has 0 spiro atoms. The Morgan fingerprint density at radius 1 is 1.35 bits per heavy atom. The molecule has 1 atom stereocenters. The lowest BCUT2D eigenvalue weighted by Crippen LogP contribution is -2.31. The summed E-state index contributed by atoms with van der Waals surface area (Å²) in [6.45, 7) is 6.24. The Bertz CT molecular complexity index is 354. The van der Waals surface area contributed by atoms with Gasteiger partial charge in [0.1, 0.15) is 0 Å². The maximum atomic E-state index is 12.0. The molecule has 4 heteroatoms. The molecule has 0 fully saturated rings. The van der Waals surface area contributed by atoms with Crippen LogP contribution in [0.4, 0.5) is 0 Å². The van der Waals surface area contributed by atoms with Gasteiger partial charge in [0.15, 0.2) is 0 Å². The van der Waals surface area contributed by atoms with E-state index in [4.69, 9.17) is 0 Å². The van der Waals surface area contributed by atoms with Crippen molar-refractivity contribution in [1.29, 1.82) is 0 Å². The molecule has 1 aromatic heterocycles. The third-order valence-corrected chi connectivity index (χ3v) is 3.78. The zero-order chi connectivity index (χ0) is 12.8. The smallest absolute Gasteiger partial charge is 0.232 e. The van der Waals surface area contributed by atoms with Crippen LogP contribution in [0.3, 0.4) is 0 Å². The largest absolute Gasteiger partial charge is 0.338 e. The molecule has 0 saturated carbocycles. The van der Waals surface area contributed by atoms with E-state index in [2.05, 4.69) is 18.8 Å². The lowest BCUT2D eigenvalue weighted by Gasteiger charge is -2.25. The minimum absolute atomic E-state index is 0.0956. The van der Waals surface area contributed by atoms with E-state index < -0.39 is 0 Å². The highest BCUT2D eigenvalue weighted by Gasteiger charge is 2.17. The third kappa shape index (κ3) is 4.38. The second-order valence-corrected chi connectivity index (χ2v) is 5.89. The summed E-state index contributed by atoms with van der Waals surface area (Å²) < 4.78 is 0. The van der Waals surface area contributed by atoms with Crippen molar-refractivity contribution in [3.8, 4) is 0 Å². The molecule has 0 radical (unpaired) electrons. The number of hydrogen-bond acceptors (Lipinski definition) is 3. The molecule has 0 aromatic carbocycles. The monoisotopic (exact) mass is 252 g/mol. The number of hydrogen-bond donors (Lipinski definition) is 0. The summed E-state index contributed by atoms with van der Waals surface area (Å²) in [7, 11) is 1.86. The van der Waals surface area contributed by atoms with Gasteiger partial charge in [-0.05, 0) is 29.9 Å². The van der Waals surface area contributed by atoms with E-state index in [1.807, 2.05) is 26.1 Å². The van der Waals surface area contributed by atoms with Crippen molar-refractivity contribution >= 4 is 17.7 Å². The van der Waals surface area contributed by atoms with Crippen LogP contribution >= 0.6 is 11.8 Å². The molecule has 1 aromatic rings. The number of pyridine rings is 1. The fraction of sp³-hybridized carbons (Fsp3) is 0.538. The number of thioether (sulfide) groups is 1. The van der Waals surface area contributed by atoms with Gasteiger partial charge in [-0.1, -0.05) is 13.8 Å². The van der Waals surface area contributed by atoms with Crippen molar-refractivity contribution in [1.82, 2.24) is 9.88 Å². The van der Waals surface area contributed by atoms with Crippen molar-refractivity contribution in [3.63, 3.8) is 0 Å². The first kappa shape index (κ1) is 14.0. The van der Waals surface area contributed by atoms with Crippen LogP contribution in [0, 0.1) is 0 Å². The average Bonchev–Trinajstić information content (AvgIpc) is 2.35.